The standard InChI is InChI=1S/C29H28O9/c1-3-11-35-21-6-4-5-19-26(18-9-8-17(34-2)13-22(18)36-14-24(30)31)28(29(32)33)25(27(19)21)16-7-10-20-23(12-16)38-15-37-20/h4-10,12-13,25-26,28H,3,11,14-15H2,1-2H3,(H,30,31)(H,32,33). The third kappa shape index (κ3) is 4.55. The van der Waals surface area contributed by atoms with Crippen molar-refractivity contribution in [1.82, 2.24) is 0 Å². The molecule has 0 radical (unpaired) electrons. The summed E-state index contributed by atoms with van der Waals surface area (Å²) >= 11 is 0. The Labute approximate surface area is 219 Å². The molecule has 0 saturated carbocycles. The van der Waals surface area contributed by atoms with Gasteiger partial charge in [0.2, 0.25) is 6.79 Å². The summed E-state index contributed by atoms with van der Waals surface area (Å²) in [7, 11) is 1.49. The molecule has 9 heteroatoms. The van der Waals surface area contributed by atoms with E-state index in [-0.39, 0.29) is 12.5 Å². The first-order chi connectivity index (χ1) is 18.4. The fourth-order valence-electron chi connectivity index (χ4n) is 5.36. The van der Waals surface area contributed by atoms with Gasteiger partial charge in [-0.05, 0) is 41.8 Å². The Morgan fingerprint density at radius 2 is 1.74 bits per heavy atom. The van der Waals surface area contributed by atoms with Gasteiger partial charge in [-0.15, -0.1) is 0 Å². The maximum Gasteiger partial charge on any atom is 0.341 e. The van der Waals surface area contributed by atoms with Gasteiger partial charge in [0.05, 0.1) is 19.6 Å². The topological polar surface area (TPSA) is 121 Å². The van der Waals surface area contributed by atoms with Crippen LogP contribution in [0.1, 0.15) is 47.4 Å². The number of fused-ring (bicyclic) bond motifs is 2. The second-order valence-corrected chi connectivity index (χ2v) is 9.13. The predicted octanol–water partition coefficient (Wildman–Crippen LogP) is 4.65. The molecule has 0 saturated heterocycles. The second kappa shape index (κ2) is 10.5. The van der Waals surface area contributed by atoms with Crippen LogP contribution in [-0.2, 0) is 9.59 Å². The van der Waals surface area contributed by atoms with E-state index < -0.39 is 36.3 Å². The Morgan fingerprint density at radius 3 is 2.47 bits per heavy atom. The van der Waals surface area contributed by atoms with Crippen LogP contribution < -0.4 is 23.7 Å². The van der Waals surface area contributed by atoms with Crippen LogP contribution in [0.15, 0.2) is 54.6 Å². The summed E-state index contributed by atoms with van der Waals surface area (Å²) in [5, 5.41) is 19.9. The molecule has 0 bridgehead atoms. The van der Waals surface area contributed by atoms with Crippen molar-refractivity contribution in [2.45, 2.75) is 25.2 Å². The molecule has 2 aliphatic rings. The zero-order valence-electron chi connectivity index (χ0n) is 21.0. The fourth-order valence-corrected chi connectivity index (χ4v) is 5.36. The minimum Gasteiger partial charge on any atom is -0.497 e. The van der Waals surface area contributed by atoms with Gasteiger partial charge in [0.15, 0.2) is 18.1 Å². The number of hydrogen-bond acceptors (Lipinski definition) is 7. The number of carboxylic acids is 2. The van der Waals surface area contributed by atoms with E-state index >= 15 is 0 Å². The Hall–Kier alpha value is -4.40. The van der Waals surface area contributed by atoms with Crippen LogP contribution in [0.25, 0.3) is 0 Å². The van der Waals surface area contributed by atoms with Gasteiger partial charge in [0.1, 0.15) is 17.2 Å². The fraction of sp³-hybridized carbons (Fsp3) is 0.310. The van der Waals surface area contributed by atoms with Gasteiger partial charge >= 0.3 is 11.9 Å². The lowest BCUT2D eigenvalue weighted by Gasteiger charge is -2.24. The Morgan fingerprint density at radius 1 is 0.921 bits per heavy atom. The van der Waals surface area contributed by atoms with Crippen molar-refractivity contribution < 1.29 is 43.5 Å². The van der Waals surface area contributed by atoms with Crippen LogP contribution in [0, 0.1) is 5.92 Å². The number of benzene rings is 3. The zero-order valence-corrected chi connectivity index (χ0v) is 21.0. The minimum absolute atomic E-state index is 0.103. The molecule has 9 nitrogen and oxygen atoms in total. The summed E-state index contributed by atoms with van der Waals surface area (Å²) in [6.45, 7) is 2.00. The maximum absolute atomic E-state index is 13.0. The highest BCUT2D eigenvalue weighted by Gasteiger charge is 2.49. The molecule has 0 spiro atoms. The predicted molar refractivity (Wildman–Crippen MR) is 136 cm³/mol. The van der Waals surface area contributed by atoms with E-state index in [0.717, 1.165) is 23.1 Å². The molecular formula is C29H28O9. The maximum atomic E-state index is 13.0. The Bertz CT molecular complexity index is 1370. The second-order valence-electron chi connectivity index (χ2n) is 9.13. The van der Waals surface area contributed by atoms with Crippen molar-refractivity contribution in [3.8, 4) is 28.7 Å². The largest absolute Gasteiger partial charge is 0.497 e. The first-order valence-corrected chi connectivity index (χ1v) is 12.3. The highest BCUT2D eigenvalue weighted by atomic mass is 16.7. The minimum atomic E-state index is -1.14. The Kier molecular flexibility index (Phi) is 7.00. The average molecular weight is 521 g/mol. The van der Waals surface area contributed by atoms with Crippen LogP contribution in [-0.4, -0.2) is 49.3 Å². The lowest BCUT2D eigenvalue weighted by atomic mass is 9.79. The van der Waals surface area contributed by atoms with Crippen molar-refractivity contribution in [3.63, 3.8) is 0 Å². The van der Waals surface area contributed by atoms with Crippen LogP contribution in [0.5, 0.6) is 28.7 Å². The van der Waals surface area contributed by atoms with Crippen LogP contribution in [0.2, 0.25) is 0 Å². The number of rotatable bonds is 10. The van der Waals surface area contributed by atoms with Crippen molar-refractivity contribution in [3.05, 3.63) is 76.9 Å². The number of ether oxygens (including phenoxy) is 5. The lowest BCUT2D eigenvalue weighted by Crippen LogP contribution is -2.24. The number of methoxy groups -OCH3 is 1. The van der Waals surface area contributed by atoms with Gasteiger partial charge in [0.25, 0.3) is 0 Å². The molecular weight excluding hydrogens is 492 g/mol. The summed E-state index contributed by atoms with van der Waals surface area (Å²) in [5.74, 6) is -1.85. The van der Waals surface area contributed by atoms with Gasteiger partial charge in [0, 0.05) is 29.0 Å². The summed E-state index contributed by atoms with van der Waals surface area (Å²) in [6, 6.07) is 16.1. The summed E-state index contributed by atoms with van der Waals surface area (Å²) < 4.78 is 28.2. The quantitative estimate of drug-likeness (QED) is 0.393. The highest BCUT2D eigenvalue weighted by Crippen LogP contribution is 2.57. The van der Waals surface area contributed by atoms with Gasteiger partial charge < -0.3 is 33.9 Å². The molecule has 3 aromatic rings. The number of carbonyl (C=O) groups is 2. The van der Waals surface area contributed by atoms with E-state index in [0.29, 0.717) is 35.2 Å². The third-order valence-corrected chi connectivity index (χ3v) is 6.87. The molecule has 0 fully saturated rings. The molecule has 0 aromatic heterocycles. The molecule has 1 heterocycles. The van der Waals surface area contributed by atoms with Gasteiger partial charge in [-0.3, -0.25) is 4.79 Å². The monoisotopic (exact) mass is 520 g/mol. The number of aliphatic carboxylic acids is 2. The molecule has 3 unspecified atom stereocenters. The van der Waals surface area contributed by atoms with Crippen molar-refractivity contribution in [1.29, 1.82) is 0 Å². The molecule has 1 aliphatic carbocycles. The SMILES string of the molecule is CCCOc1cccc2c1C(c1ccc3c(c1)OCO3)C(C(=O)O)C2c1ccc(OC)cc1OCC(=O)O. The van der Waals surface area contributed by atoms with Gasteiger partial charge in [-0.1, -0.05) is 31.2 Å². The molecule has 5 rings (SSSR count). The summed E-state index contributed by atoms with van der Waals surface area (Å²) in [6.07, 6.45) is 0.788. The van der Waals surface area contributed by atoms with E-state index in [4.69, 9.17) is 23.7 Å². The summed E-state index contributed by atoms with van der Waals surface area (Å²) in [5.41, 5.74) is 2.85. The molecule has 38 heavy (non-hydrogen) atoms. The molecule has 3 aromatic carbocycles. The number of hydrogen-bond donors (Lipinski definition) is 2. The van der Waals surface area contributed by atoms with E-state index in [1.165, 1.54) is 7.11 Å². The van der Waals surface area contributed by atoms with Gasteiger partial charge in [-0.25, -0.2) is 4.79 Å². The first kappa shape index (κ1) is 25.3. The summed E-state index contributed by atoms with van der Waals surface area (Å²) in [4.78, 5) is 24.4. The third-order valence-electron chi connectivity index (χ3n) is 6.87. The zero-order chi connectivity index (χ0) is 26.8. The smallest absolute Gasteiger partial charge is 0.341 e. The lowest BCUT2D eigenvalue weighted by molar-refractivity contribution is -0.142. The molecule has 198 valence electrons. The average Bonchev–Trinajstić information content (AvgIpc) is 3.53. The van der Waals surface area contributed by atoms with Crippen LogP contribution >= 0.6 is 0 Å². The molecule has 2 N–H and O–H groups in total. The molecule has 0 amide bonds. The van der Waals surface area contributed by atoms with E-state index in [1.54, 1.807) is 24.3 Å². The molecule has 1 aliphatic heterocycles. The van der Waals surface area contributed by atoms with Crippen molar-refractivity contribution >= 4 is 11.9 Å². The van der Waals surface area contributed by atoms with Gasteiger partial charge in [-0.2, -0.15) is 0 Å². The highest BCUT2D eigenvalue weighted by molar-refractivity contribution is 5.79. The van der Waals surface area contributed by atoms with E-state index in [9.17, 15) is 19.8 Å². The van der Waals surface area contributed by atoms with Crippen LogP contribution in [0.4, 0.5) is 0 Å². The Balaban J connectivity index is 1.72. The first-order valence-electron chi connectivity index (χ1n) is 12.3. The van der Waals surface area contributed by atoms with Crippen LogP contribution in [0.3, 0.4) is 0 Å². The van der Waals surface area contributed by atoms with Crippen molar-refractivity contribution in [2.24, 2.45) is 5.92 Å². The number of carboxylic acid groups (broad SMARTS) is 2. The van der Waals surface area contributed by atoms with Crippen molar-refractivity contribution in [2.75, 3.05) is 27.1 Å². The van der Waals surface area contributed by atoms with E-state index in [1.807, 2.05) is 37.3 Å². The van der Waals surface area contributed by atoms with E-state index in [2.05, 4.69) is 0 Å². The normalized spacial score (nSPS) is 19.1. The molecule has 3 atom stereocenters.